The highest BCUT2D eigenvalue weighted by molar-refractivity contribution is 7.99. The molecule has 1 aromatic carbocycles. The molecule has 1 amide bonds. The monoisotopic (exact) mass is 375 g/mol. The molecule has 0 bridgehead atoms. The van der Waals surface area contributed by atoms with Gasteiger partial charge < -0.3 is 5.32 Å². The molecule has 1 aliphatic rings. The second kappa shape index (κ2) is 8.31. The minimum absolute atomic E-state index is 0.00499. The number of carbonyl (C=O) groups is 1. The molecule has 1 fully saturated rings. The average molecular weight is 375 g/mol. The number of nitro benzene ring substituents is 1. The number of thioether (sulfide) groups is 1. The lowest BCUT2D eigenvalue weighted by Crippen LogP contribution is -2.15. The first kappa shape index (κ1) is 18.4. The van der Waals surface area contributed by atoms with Gasteiger partial charge in [-0.3, -0.25) is 20.0 Å². The van der Waals surface area contributed by atoms with Gasteiger partial charge in [-0.1, -0.05) is 37.4 Å². The Balaban J connectivity index is 1.49. The van der Waals surface area contributed by atoms with E-state index in [0.717, 1.165) is 12.2 Å². The van der Waals surface area contributed by atoms with E-state index in [1.54, 1.807) is 13.0 Å². The molecule has 0 unspecified atom stereocenters. The number of aromatic amines is 1. The molecule has 1 aromatic heterocycles. The van der Waals surface area contributed by atoms with Gasteiger partial charge in [0.05, 0.1) is 10.7 Å². The Morgan fingerprint density at radius 1 is 1.42 bits per heavy atom. The van der Waals surface area contributed by atoms with Crippen molar-refractivity contribution in [3.63, 3.8) is 0 Å². The van der Waals surface area contributed by atoms with E-state index in [9.17, 15) is 14.9 Å². The zero-order chi connectivity index (χ0) is 18.5. The van der Waals surface area contributed by atoms with Gasteiger partial charge in [-0.25, -0.2) is 4.98 Å². The van der Waals surface area contributed by atoms with E-state index in [1.807, 2.05) is 0 Å². The lowest BCUT2D eigenvalue weighted by molar-refractivity contribution is -0.384. The third-order valence-corrected chi connectivity index (χ3v) is 5.34. The summed E-state index contributed by atoms with van der Waals surface area (Å²) in [5.74, 6) is 1.55. The molecule has 0 spiro atoms. The number of amides is 1. The van der Waals surface area contributed by atoms with Crippen LogP contribution in [0.5, 0.6) is 0 Å². The largest absolute Gasteiger partial charge is 0.325 e. The highest BCUT2D eigenvalue weighted by Gasteiger charge is 2.18. The first-order valence-electron chi connectivity index (χ1n) is 8.60. The van der Waals surface area contributed by atoms with Gasteiger partial charge in [0.1, 0.15) is 5.82 Å². The van der Waals surface area contributed by atoms with Crippen LogP contribution in [0.4, 0.5) is 11.4 Å². The van der Waals surface area contributed by atoms with Crippen LogP contribution in [0.1, 0.15) is 37.1 Å². The van der Waals surface area contributed by atoms with Gasteiger partial charge in [0, 0.05) is 24.2 Å². The van der Waals surface area contributed by atoms with Gasteiger partial charge in [-0.05, 0) is 24.5 Å². The van der Waals surface area contributed by atoms with Crippen LogP contribution in [0.2, 0.25) is 0 Å². The molecule has 0 aliphatic heterocycles. The number of H-pyrrole nitrogens is 1. The summed E-state index contributed by atoms with van der Waals surface area (Å²) >= 11 is 1.27. The molecule has 8 nitrogen and oxygen atoms in total. The van der Waals surface area contributed by atoms with E-state index in [0.29, 0.717) is 22.3 Å². The Labute approximate surface area is 155 Å². The summed E-state index contributed by atoms with van der Waals surface area (Å²) in [6.45, 7) is 1.72. The summed E-state index contributed by atoms with van der Waals surface area (Å²) in [6, 6.07) is 4.36. The van der Waals surface area contributed by atoms with E-state index in [4.69, 9.17) is 0 Å². The number of carbonyl (C=O) groups excluding carboxylic acids is 1. The first-order valence-corrected chi connectivity index (χ1v) is 9.59. The molecular formula is C17H21N5O3S. The summed E-state index contributed by atoms with van der Waals surface area (Å²) in [4.78, 5) is 26.9. The fourth-order valence-electron chi connectivity index (χ4n) is 3.14. The van der Waals surface area contributed by atoms with E-state index < -0.39 is 4.92 Å². The molecule has 2 N–H and O–H groups in total. The van der Waals surface area contributed by atoms with Crippen molar-refractivity contribution in [2.75, 3.05) is 11.1 Å². The Hall–Kier alpha value is -2.42. The highest BCUT2D eigenvalue weighted by Crippen LogP contribution is 2.27. The van der Waals surface area contributed by atoms with E-state index in [2.05, 4.69) is 20.5 Å². The number of rotatable bonds is 7. The lowest BCUT2D eigenvalue weighted by atomic mass is 10.0. The van der Waals surface area contributed by atoms with Gasteiger partial charge in [-0.2, -0.15) is 0 Å². The highest BCUT2D eigenvalue weighted by atomic mass is 32.2. The second-order valence-electron chi connectivity index (χ2n) is 6.51. The van der Waals surface area contributed by atoms with E-state index >= 15 is 0 Å². The predicted octanol–water partition coefficient (Wildman–Crippen LogP) is 3.48. The lowest BCUT2D eigenvalue weighted by Gasteiger charge is -2.07. The predicted molar refractivity (Wildman–Crippen MR) is 99.2 cm³/mol. The van der Waals surface area contributed by atoms with Crippen LogP contribution in [0, 0.1) is 23.0 Å². The molecule has 0 saturated heterocycles. The fraction of sp³-hybridized carbons (Fsp3) is 0.471. The number of non-ortho nitro benzene ring substituents is 1. The van der Waals surface area contributed by atoms with Crippen LogP contribution in [-0.4, -0.2) is 31.8 Å². The Morgan fingerprint density at radius 2 is 2.19 bits per heavy atom. The van der Waals surface area contributed by atoms with Crippen molar-refractivity contribution >= 4 is 29.0 Å². The summed E-state index contributed by atoms with van der Waals surface area (Å²) < 4.78 is 0. The van der Waals surface area contributed by atoms with Gasteiger partial charge in [0.25, 0.3) is 5.69 Å². The normalized spacial score (nSPS) is 14.5. The van der Waals surface area contributed by atoms with Crippen molar-refractivity contribution < 1.29 is 9.72 Å². The van der Waals surface area contributed by atoms with Crippen LogP contribution in [-0.2, 0) is 11.2 Å². The molecule has 9 heteroatoms. The van der Waals surface area contributed by atoms with Crippen molar-refractivity contribution in [1.29, 1.82) is 0 Å². The number of benzene rings is 1. The third kappa shape index (κ3) is 4.81. The number of nitrogens with one attached hydrogen (secondary N) is 2. The Kier molecular flexibility index (Phi) is 5.87. The van der Waals surface area contributed by atoms with Gasteiger partial charge in [0.15, 0.2) is 0 Å². The smallest absolute Gasteiger partial charge is 0.269 e. The Bertz CT molecular complexity index is 801. The average Bonchev–Trinajstić information content (AvgIpc) is 3.27. The molecule has 0 atom stereocenters. The van der Waals surface area contributed by atoms with E-state index in [-0.39, 0.29) is 17.3 Å². The summed E-state index contributed by atoms with van der Waals surface area (Å²) in [5.41, 5.74) is 1.22. The van der Waals surface area contributed by atoms with Crippen molar-refractivity contribution in [2.45, 2.75) is 44.2 Å². The number of hydrogen-bond acceptors (Lipinski definition) is 6. The number of aryl methyl sites for hydroxylation is 1. The van der Waals surface area contributed by atoms with Crippen molar-refractivity contribution in [1.82, 2.24) is 15.2 Å². The van der Waals surface area contributed by atoms with Crippen LogP contribution in [0.25, 0.3) is 0 Å². The third-order valence-electron chi connectivity index (χ3n) is 4.50. The SMILES string of the molecule is Cc1cc([N+](=O)[O-])ccc1NC(=O)CSc1n[nH]c(CC2CCCC2)n1. The van der Waals surface area contributed by atoms with E-state index in [1.165, 1.54) is 49.6 Å². The molecule has 1 saturated carbocycles. The van der Waals surface area contributed by atoms with Gasteiger partial charge >= 0.3 is 0 Å². The molecular weight excluding hydrogens is 354 g/mol. The topological polar surface area (TPSA) is 114 Å². The van der Waals surface area contributed by atoms with Crippen molar-refractivity contribution in [2.24, 2.45) is 5.92 Å². The minimum Gasteiger partial charge on any atom is -0.325 e. The van der Waals surface area contributed by atoms with Gasteiger partial charge in [0.2, 0.25) is 11.1 Å². The summed E-state index contributed by atoms with van der Waals surface area (Å²) in [6.07, 6.45) is 6.01. The maximum Gasteiger partial charge on any atom is 0.269 e. The first-order chi connectivity index (χ1) is 12.5. The number of hydrogen-bond donors (Lipinski definition) is 2. The molecule has 0 radical (unpaired) electrons. The fourth-order valence-corrected chi connectivity index (χ4v) is 3.76. The van der Waals surface area contributed by atoms with Crippen molar-refractivity contribution in [3.8, 4) is 0 Å². The number of aromatic nitrogens is 3. The summed E-state index contributed by atoms with van der Waals surface area (Å²) in [5, 5.41) is 21.2. The summed E-state index contributed by atoms with van der Waals surface area (Å²) in [7, 11) is 0. The molecule has 3 rings (SSSR count). The maximum atomic E-state index is 12.1. The van der Waals surface area contributed by atoms with Crippen molar-refractivity contribution in [3.05, 3.63) is 39.7 Å². The maximum absolute atomic E-state index is 12.1. The molecule has 138 valence electrons. The molecule has 1 aliphatic carbocycles. The molecule has 26 heavy (non-hydrogen) atoms. The van der Waals surface area contributed by atoms with Crippen LogP contribution in [0.3, 0.4) is 0 Å². The number of nitrogens with zero attached hydrogens (tertiary/aromatic N) is 3. The zero-order valence-electron chi connectivity index (χ0n) is 14.5. The Morgan fingerprint density at radius 3 is 2.88 bits per heavy atom. The number of nitro groups is 1. The van der Waals surface area contributed by atoms with Crippen LogP contribution in [0.15, 0.2) is 23.4 Å². The molecule has 2 aromatic rings. The number of anilines is 1. The second-order valence-corrected chi connectivity index (χ2v) is 7.45. The molecule has 1 heterocycles. The minimum atomic E-state index is -0.457. The van der Waals surface area contributed by atoms with Gasteiger partial charge in [-0.15, -0.1) is 5.10 Å². The van der Waals surface area contributed by atoms with Crippen LogP contribution < -0.4 is 5.32 Å². The van der Waals surface area contributed by atoms with Crippen LogP contribution >= 0.6 is 11.8 Å². The zero-order valence-corrected chi connectivity index (χ0v) is 15.3. The quantitative estimate of drug-likeness (QED) is 0.435. The standard InChI is InChI=1S/C17H21N5O3S/c1-11-8-13(22(24)25)6-7-14(11)18-16(23)10-26-17-19-15(20-21-17)9-12-4-2-3-5-12/h6-8,12H,2-5,9-10H2,1H3,(H,18,23)(H,19,20,21).